The average Bonchev–Trinajstić information content (AvgIpc) is 3.17. The number of anilines is 1. The van der Waals surface area contributed by atoms with Crippen LogP contribution in [0.2, 0.25) is 0 Å². The van der Waals surface area contributed by atoms with Crippen LogP contribution in [-0.2, 0) is 6.54 Å². The Balaban J connectivity index is 1.53. The number of carbonyl (C=O) groups excluding carboxylic acids is 1. The van der Waals surface area contributed by atoms with Crippen molar-refractivity contribution in [3.63, 3.8) is 0 Å². The summed E-state index contributed by atoms with van der Waals surface area (Å²) in [7, 11) is 0. The first-order chi connectivity index (χ1) is 15.6. The Morgan fingerprint density at radius 2 is 1.91 bits per heavy atom. The van der Waals surface area contributed by atoms with Crippen molar-refractivity contribution in [3.8, 4) is 17.0 Å². The maximum Gasteiger partial charge on any atom is 0.319 e. The van der Waals surface area contributed by atoms with Gasteiger partial charge in [0.05, 0.1) is 18.6 Å². The average molecular weight is 439 g/mol. The maximum atomic E-state index is 14.3. The van der Waals surface area contributed by atoms with Gasteiger partial charge in [0.2, 0.25) is 0 Å². The highest BCUT2D eigenvalue weighted by Gasteiger charge is 2.13. The third-order valence-electron chi connectivity index (χ3n) is 5.23. The van der Waals surface area contributed by atoms with E-state index < -0.39 is 11.8 Å². The second kappa shape index (κ2) is 11.9. The van der Waals surface area contributed by atoms with Crippen LogP contribution in [0.25, 0.3) is 11.3 Å². The van der Waals surface area contributed by atoms with Gasteiger partial charge in [-0.1, -0.05) is 56.2 Å². The summed E-state index contributed by atoms with van der Waals surface area (Å²) in [6.45, 7) is 5.80. The van der Waals surface area contributed by atoms with Crippen LogP contribution in [0.1, 0.15) is 38.3 Å². The third kappa shape index (κ3) is 6.33. The van der Waals surface area contributed by atoms with Crippen molar-refractivity contribution in [1.82, 2.24) is 14.9 Å². The predicted molar refractivity (Wildman–Crippen MR) is 125 cm³/mol. The summed E-state index contributed by atoms with van der Waals surface area (Å²) in [6.07, 6.45) is 5.54. The molecule has 0 saturated heterocycles. The summed E-state index contributed by atoms with van der Waals surface area (Å²) in [4.78, 5) is 16.6. The first kappa shape index (κ1) is 23.3. The van der Waals surface area contributed by atoms with Gasteiger partial charge in [-0.2, -0.15) is 0 Å². The summed E-state index contributed by atoms with van der Waals surface area (Å²) in [5.74, 6) is -0.204. The number of aryl methyl sites for hydroxylation is 1. The van der Waals surface area contributed by atoms with Crippen molar-refractivity contribution in [1.29, 1.82) is 0 Å². The molecule has 0 atom stereocenters. The number of ether oxygens (including phenoxy) is 1. The Hall–Kier alpha value is -3.35. The molecule has 2 aromatic carbocycles. The van der Waals surface area contributed by atoms with Gasteiger partial charge in [-0.3, -0.25) is 0 Å². The van der Waals surface area contributed by atoms with E-state index >= 15 is 0 Å². The molecule has 32 heavy (non-hydrogen) atoms. The molecule has 7 heteroatoms. The lowest BCUT2D eigenvalue weighted by molar-refractivity contribution is 0.251. The Labute approximate surface area is 188 Å². The molecule has 0 bridgehead atoms. The minimum atomic E-state index is -0.524. The van der Waals surface area contributed by atoms with Crippen LogP contribution in [0.15, 0.2) is 54.9 Å². The van der Waals surface area contributed by atoms with Crippen molar-refractivity contribution in [2.75, 3.05) is 18.5 Å². The number of hydrogen-bond donors (Lipinski definition) is 2. The number of nitrogens with one attached hydrogen (secondary N) is 2. The first-order valence-electron chi connectivity index (χ1n) is 11.1. The van der Waals surface area contributed by atoms with Crippen LogP contribution in [-0.4, -0.2) is 28.7 Å². The molecule has 3 aromatic rings. The molecule has 0 spiro atoms. The number of imidazole rings is 1. The van der Waals surface area contributed by atoms with Crippen LogP contribution in [0.5, 0.6) is 5.75 Å². The number of hydrogen-bond acceptors (Lipinski definition) is 3. The van der Waals surface area contributed by atoms with Crippen molar-refractivity contribution >= 4 is 11.7 Å². The fourth-order valence-electron chi connectivity index (χ4n) is 3.45. The molecule has 1 aromatic heterocycles. The van der Waals surface area contributed by atoms with Gasteiger partial charge in [-0.15, -0.1) is 0 Å². The van der Waals surface area contributed by atoms with Gasteiger partial charge in [0.15, 0.2) is 5.82 Å². The van der Waals surface area contributed by atoms with Crippen LogP contribution >= 0.6 is 0 Å². The van der Waals surface area contributed by atoms with Gasteiger partial charge in [0.25, 0.3) is 0 Å². The second-order valence-corrected chi connectivity index (χ2v) is 7.64. The molecule has 0 aliphatic rings. The molecule has 1 heterocycles. The van der Waals surface area contributed by atoms with Gasteiger partial charge in [-0.05, 0) is 31.9 Å². The molecule has 2 amide bonds. The molecule has 0 aliphatic heterocycles. The summed E-state index contributed by atoms with van der Waals surface area (Å²) in [5.41, 5.74) is 3.20. The minimum Gasteiger partial charge on any atom is -0.491 e. The highest BCUT2D eigenvalue weighted by molar-refractivity contribution is 5.91. The van der Waals surface area contributed by atoms with Crippen LogP contribution in [0.3, 0.4) is 0 Å². The van der Waals surface area contributed by atoms with Crippen LogP contribution in [0.4, 0.5) is 14.9 Å². The highest BCUT2D eigenvalue weighted by atomic mass is 19.1. The first-order valence-corrected chi connectivity index (χ1v) is 11.1. The molecule has 0 aliphatic carbocycles. The van der Waals surface area contributed by atoms with E-state index in [1.807, 2.05) is 43.6 Å². The zero-order valence-corrected chi connectivity index (χ0v) is 18.7. The van der Waals surface area contributed by atoms with E-state index in [9.17, 15) is 9.18 Å². The molecule has 0 saturated carbocycles. The van der Waals surface area contributed by atoms with E-state index in [2.05, 4.69) is 27.1 Å². The number of amides is 2. The molecule has 170 valence electrons. The van der Waals surface area contributed by atoms with Crippen LogP contribution in [0, 0.1) is 12.7 Å². The smallest absolute Gasteiger partial charge is 0.319 e. The number of nitrogens with zero attached hydrogens (tertiary/aromatic N) is 2. The number of unbranched alkanes of at least 4 members (excludes halogenated alkanes) is 2. The second-order valence-electron chi connectivity index (χ2n) is 7.64. The molecular formula is C25H31FN4O2. The summed E-state index contributed by atoms with van der Waals surface area (Å²) < 4.78 is 22.2. The Kier molecular flexibility index (Phi) is 8.66. The summed E-state index contributed by atoms with van der Waals surface area (Å²) in [6, 6.07) is 14.2. The zero-order valence-electron chi connectivity index (χ0n) is 18.7. The fraction of sp³-hybridized carbons (Fsp3) is 0.360. The van der Waals surface area contributed by atoms with Crippen molar-refractivity contribution < 1.29 is 13.9 Å². The lowest BCUT2D eigenvalue weighted by Crippen LogP contribution is -2.30. The van der Waals surface area contributed by atoms with Crippen LogP contribution < -0.4 is 15.4 Å². The van der Waals surface area contributed by atoms with E-state index in [1.54, 1.807) is 12.1 Å². The molecule has 0 fully saturated rings. The van der Waals surface area contributed by atoms with Gasteiger partial charge in [0, 0.05) is 24.3 Å². The Morgan fingerprint density at radius 3 is 2.69 bits per heavy atom. The number of halogens is 1. The van der Waals surface area contributed by atoms with Crippen molar-refractivity contribution in [2.45, 2.75) is 46.1 Å². The zero-order chi connectivity index (χ0) is 22.8. The number of rotatable bonds is 11. The standard InChI is InChI=1S/C25H31FN4O2/c1-3-4-8-15-27-25(31)29-24-21(26)13-9-14-22(24)32-17-10-16-30-18-28-23(19(30)2)20-11-6-5-7-12-20/h5-7,9,11-14,18H,3-4,8,10,15-17H2,1-2H3,(H2,27,29,31). The van der Waals surface area contributed by atoms with E-state index in [1.165, 1.54) is 6.07 Å². The molecule has 6 nitrogen and oxygen atoms in total. The van der Waals surface area contributed by atoms with Gasteiger partial charge < -0.3 is 19.9 Å². The molecule has 2 N–H and O–H groups in total. The normalized spacial score (nSPS) is 10.7. The number of carbonyl (C=O) groups is 1. The lowest BCUT2D eigenvalue weighted by atomic mass is 10.1. The van der Waals surface area contributed by atoms with Gasteiger partial charge >= 0.3 is 6.03 Å². The topological polar surface area (TPSA) is 68.2 Å². The number of aromatic nitrogens is 2. The number of benzene rings is 2. The van der Waals surface area contributed by atoms with Gasteiger partial charge in [0.1, 0.15) is 11.4 Å². The van der Waals surface area contributed by atoms with E-state index in [4.69, 9.17) is 4.74 Å². The number of para-hydroxylation sites is 1. The van der Waals surface area contributed by atoms with E-state index in [-0.39, 0.29) is 5.69 Å². The van der Waals surface area contributed by atoms with E-state index in [0.29, 0.717) is 25.3 Å². The predicted octanol–water partition coefficient (Wildman–Crippen LogP) is 5.78. The maximum absolute atomic E-state index is 14.3. The fourth-order valence-corrected chi connectivity index (χ4v) is 3.45. The quantitative estimate of drug-likeness (QED) is 0.373. The molecule has 0 unspecified atom stereocenters. The lowest BCUT2D eigenvalue weighted by Gasteiger charge is -2.14. The SMILES string of the molecule is CCCCCNC(=O)Nc1c(F)cccc1OCCCn1cnc(-c2ccccc2)c1C. The molecule has 3 rings (SSSR count). The largest absolute Gasteiger partial charge is 0.491 e. The summed E-state index contributed by atoms with van der Waals surface area (Å²) in [5, 5.41) is 5.33. The Bertz CT molecular complexity index is 1000. The minimum absolute atomic E-state index is 0.0608. The Morgan fingerprint density at radius 1 is 1.09 bits per heavy atom. The van der Waals surface area contributed by atoms with Crippen molar-refractivity contribution in [2.24, 2.45) is 0 Å². The third-order valence-corrected chi connectivity index (χ3v) is 5.23. The van der Waals surface area contributed by atoms with Crippen molar-refractivity contribution in [3.05, 3.63) is 66.4 Å². The molecular weight excluding hydrogens is 407 g/mol. The monoisotopic (exact) mass is 438 g/mol. The van der Waals surface area contributed by atoms with E-state index in [0.717, 1.165) is 42.8 Å². The highest BCUT2D eigenvalue weighted by Crippen LogP contribution is 2.28. The molecule has 0 radical (unpaired) electrons. The summed E-state index contributed by atoms with van der Waals surface area (Å²) >= 11 is 0. The number of urea groups is 1. The van der Waals surface area contributed by atoms with Gasteiger partial charge in [-0.25, -0.2) is 14.2 Å².